The van der Waals surface area contributed by atoms with Gasteiger partial charge >= 0.3 is 12.1 Å². The molecule has 2 atom stereocenters. The third-order valence-electron chi connectivity index (χ3n) is 2.56. The third-order valence-corrected chi connectivity index (χ3v) is 2.56. The van der Waals surface area contributed by atoms with Crippen molar-refractivity contribution in [1.29, 1.82) is 0 Å². The number of hydrogen-bond donors (Lipinski definition) is 3. The molecule has 5 nitrogen and oxygen atoms in total. The minimum absolute atomic E-state index is 0.0417. The first-order chi connectivity index (χ1) is 7.28. The second kappa shape index (κ2) is 4.56. The van der Waals surface area contributed by atoms with Gasteiger partial charge in [0.05, 0.1) is 6.17 Å². The molecule has 94 valence electrons. The van der Waals surface area contributed by atoms with Crippen LogP contribution >= 0.6 is 0 Å². The van der Waals surface area contributed by atoms with Gasteiger partial charge in [-0.15, -0.1) is 0 Å². The molecular weight excluding hydrogens is 229 g/mol. The minimum Gasteiger partial charge on any atom is -0.475 e. The predicted molar refractivity (Wildman–Crippen MR) is 47.6 cm³/mol. The molecule has 0 aliphatic carbocycles. The van der Waals surface area contributed by atoms with Gasteiger partial charge in [-0.1, -0.05) is 0 Å². The van der Waals surface area contributed by atoms with Crippen molar-refractivity contribution in [3.63, 3.8) is 0 Å². The molecule has 0 aromatic rings. The maximum absolute atomic E-state index is 10.6. The Morgan fingerprint density at radius 1 is 1.56 bits per heavy atom. The minimum atomic E-state index is -5.08. The van der Waals surface area contributed by atoms with E-state index in [0.29, 0.717) is 0 Å². The summed E-state index contributed by atoms with van der Waals surface area (Å²) < 4.78 is 37.2. The predicted octanol–water partition coefficient (Wildman–Crippen LogP) is 0.0569. The monoisotopic (exact) mass is 242 g/mol. The molecule has 0 radical (unpaired) electrons. The fourth-order valence-corrected chi connectivity index (χ4v) is 1.55. The Kier molecular flexibility index (Phi) is 3.76. The van der Waals surface area contributed by atoms with Crippen molar-refractivity contribution in [1.82, 2.24) is 5.32 Å². The number of halogens is 3. The molecule has 0 bridgehead atoms. The summed E-state index contributed by atoms with van der Waals surface area (Å²) in [6.07, 6.45) is -2.67. The number of aliphatic carboxylic acids is 1. The average Bonchev–Trinajstić information content (AvgIpc) is 2.66. The molecule has 2 rings (SSSR count). The number of carboxylic acids is 1. The van der Waals surface area contributed by atoms with Crippen LogP contribution in [-0.4, -0.2) is 42.2 Å². The third kappa shape index (κ3) is 2.83. The van der Waals surface area contributed by atoms with Crippen molar-refractivity contribution in [2.75, 3.05) is 13.2 Å². The highest BCUT2D eigenvalue weighted by Crippen LogP contribution is 2.31. The fourth-order valence-electron chi connectivity index (χ4n) is 1.55. The van der Waals surface area contributed by atoms with Gasteiger partial charge in [0.25, 0.3) is 0 Å². The van der Waals surface area contributed by atoms with Crippen LogP contribution in [0.3, 0.4) is 0 Å². The maximum Gasteiger partial charge on any atom is 0.490 e. The molecule has 0 amide bonds. The van der Waals surface area contributed by atoms with Crippen LogP contribution in [0, 0.1) is 0 Å². The lowest BCUT2D eigenvalue weighted by atomic mass is 9.90. The molecule has 16 heavy (non-hydrogen) atoms. The van der Waals surface area contributed by atoms with E-state index in [0.717, 1.165) is 19.6 Å². The number of alkyl halides is 3. The molecular formula is C8H13F3N2O3. The number of rotatable bonds is 0. The van der Waals surface area contributed by atoms with Crippen LogP contribution in [0.4, 0.5) is 13.2 Å². The van der Waals surface area contributed by atoms with Crippen LogP contribution in [-0.2, 0) is 9.53 Å². The summed E-state index contributed by atoms with van der Waals surface area (Å²) in [5.74, 6) is -2.76. The van der Waals surface area contributed by atoms with Crippen molar-refractivity contribution < 1.29 is 27.8 Å². The van der Waals surface area contributed by atoms with Gasteiger partial charge in [0, 0.05) is 13.2 Å². The van der Waals surface area contributed by atoms with Crippen molar-refractivity contribution in [3.8, 4) is 0 Å². The molecule has 2 unspecified atom stereocenters. The molecule has 0 aromatic carbocycles. The van der Waals surface area contributed by atoms with Crippen LogP contribution in [0.2, 0.25) is 0 Å². The number of nitrogens with two attached hydrogens (primary N) is 1. The van der Waals surface area contributed by atoms with Crippen molar-refractivity contribution in [2.45, 2.75) is 30.8 Å². The van der Waals surface area contributed by atoms with Gasteiger partial charge in [-0.2, -0.15) is 13.2 Å². The lowest BCUT2D eigenvalue weighted by Gasteiger charge is -2.44. The SMILES string of the molecule is NC1NCC12CCCO2.O=C(O)C(F)(F)F. The fraction of sp³-hybridized carbons (Fsp3) is 0.875. The Balaban J connectivity index is 0.000000168. The molecule has 2 heterocycles. The van der Waals surface area contributed by atoms with Crippen LogP contribution in [0.5, 0.6) is 0 Å². The van der Waals surface area contributed by atoms with Crippen LogP contribution in [0.15, 0.2) is 0 Å². The highest BCUT2D eigenvalue weighted by molar-refractivity contribution is 5.73. The van der Waals surface area contributed by atoms with Gasteiger partial charge in [0.1, 0.15) is 5.60 Å². The number of hydrogen-bond acceptors (Lipinski definition) is 4. The van der Waals surface area contributed by atoms with E-state index in [2.05, 4.69) is 5.32 Å². The number of ether oxygens (including phenoxy) is 1. The van der Waals surface area contributed by atoms with E-state index in [9.17, 15) is 13.2 Å². The Labute approximate surface area is 89.7 Å². The van der Waals surface area contributed by atoms with Gasteiger partial charge in [0.2, 0.25) is 0 Å². The van der Waals surface area contributed by atoms with E-state index in [1.165, 1.54) is 6.42 Å². The van der Waals surface area contributed by atoms with E-state index < -0.39 is 12.1 Å². The number of nitrogens with one attached hydrogen (secondary N) is 1. The Morgan fingerprint density at radius 2 is 2.12 bits per heavy atom. The Morgan fingerprint density at radius 3 is 2.25 bits per heavy atom. The zero-order valence-corrected chi connectivity index (χ0v) is 8.38. The number of carbonyl (C=O) groups is 1. The van der Waals surface area contributed by atoms with Gasteiger partial charge < -0.3 is 15.6 Å². The second-order valence-corrected chi connectivity index (χ2v) is 3.68. The van der Waals surface area contributed by atoms with Gasteiger partial charge in [-0.3, -0.25) is 5.32 Å². The van der Waals surface area contributed by atoms with E-state index in [1.807, 2.05) is 0 Å². The topological polar surface area (TPSA) is 84.6 Å². The van der Waals surface area contributed by atoms with E-state index in [1.54, 1.807) is 0 Å². The zero-order chi connectivity index (χ0) is 12.4. The van der Waals surface area contributed by atoms with Crippen molar-refractivity contribution in [3.05, 3.63) is 0 Å². The quantitative estimate of drug-likeness (QED) is 0.559. The Hall–Kier alpha value is -0.860. The standard InChI is InChI=1S/C6H12N2O.C2HF3O2/c7-5-6(4-8-5)2-1-3-9-6;3-2(4,5)1(6)7/h5,8H,1-4,7H2;(H,6,7). The molecule has 4 N–H and O–H groups in total. The lowest BCUT2D eigenvalue weighted by molar-refractivity contribution is -0.192. The lowest BCUT2D eigenvalue weighted by Crippen LogP contribution is -2.71. The summed E-state index contributed by atoms with van der Waals surface area (Å²) in [5.41, 5.74) is 5.72. The van der Waals surface area contributed by atoms with Crippen molar-refractivity contribution in [2.24, 2.45) is 5.73 Å². The van der Waals surface area contributed by atoms with E-state index in [4.69, 9.17) is 20.4 Å². The van der Waals surface area contributed by atoms with Crippen LogP contribution in [0.1, 0.15) is 12.8 Å². The molecule has 0 aromatic heterocycles. The van der Waals surface area contributed by atoms with E-state index in [-0.39, 0.29) is 11.8 Å². The first-order valence-corrected chi connectivity index (χ1v) is 4.71. The van der Waals surface area contributed by atoms with Crippen LogP contribution in [0.25, 0.3) is 0 Å². The second-order valence-electron chi connectivity index (χ2n) is 3.68. The summed E-state index contributed by atoms with van der Waals surface area (Å²) in [5, 5.41) is 10.2. The smallest absolute Gasteiger partial charge is 0.475 e. The molecule has 2 aliphatic heterocycles. The average molecular weight is 242 g/mol. The molecule has 0 saturated carbocycles. The molecule has 1 spiro atoms. The maximum atomic E-state index is 10.6. The normalized spacial score (nSPS) is 32.9. The molecule has 2 saturated heterocycles. The molecule has 2 aliphatic rings. The summed E-state index contributed by atoms with van der Waals surface area (Å²) in [6.45, 7) is 1.85. The van der Waals surface area contributed by atoms with Gasteiger partial charge in [-0.05, 0) is 12.8 Å². The number of carboxylic acid groups (broad SMARTS) is 1. The Bertz CT molecular complexity index is 264. The first-order valence-electron chi connectivity index (χ1n) is 4.71. The van der Waals surface area contributed by atoms with Crippen molar-refractivity contribution >= 4 is 5.97 Å². The van der Waals surface area contributed by atoms with Crippen LogP contribution < -0.4 is 11.1 Å². The summed E-state index contributed by atoms with van der Waals surface area (Å²) in [4.78, 5) is 8.90. The summed E-state index contributed by atoms with van der Waals surface area (Å²) in [6, 6.07) is 0. The zero-order valence-electron chi connectivity index (χ0n) is 8.38. The molecule has 2 fully saturated rings. The van der Waals surface area contributed by atoms with Gasteiger partial charge in [0.15, 0.2) is 0 Å². The highest BCUT2D eigenvalue weighted by atomic mass is 19.4. The largest absolute Gasteiger partial charge is 0.490 e. The van der Waals surface area contributed by atoms with Gasteiger partial charge in [-0.25, -0.2) is 4.79 Å². The van der Waals surface area contributed by atoms with E-state index >= 15 is 0 Å². The first kappa shape index (κ1) is 13.2. The molecule has 8 heteroatoms. The highest BCUT2D eigenvalue weighted by Gasteiger charge is 2.47. The summed E-state index contributed by atoms with van der Waals surface area (Å²) in [7, 11) is 0. The summed E-state index contributed by atoms with van der Waals surface area (Å²) >= 11 is 0.